The first-order chi connectivity index (χ1) is 14.3. The lowest BCUT2D eigenvalue weighted by molar-refractivity contribution is -0.167. The van der Waals surface area contributed by atoms with E-state index in [0.29, 0.717) is 5.75 Å². The molecule has 11 nitrogen and oxygen atoms in total. The van der Waals surface area contributed by atoms with Gasteiger partial charge in [-0.1, -0.05) is 4.83 Å². The third-order valence-electron chi connectivity index (χ3n) is 4.31. The van der Waals surface area contributed by atoms with Crippen LogP contribution in [0.25, 0.3) is 0 Å². The Morgan fingerprint density at radius 1 is 1.33 bits per heavy atom. The van der Waals surface area contributed by atoms with Crippen molar-refractivity contribution in [2.45, 2.75) is 30.1 Å². The number of hydrogen-bond acceptors (Lipinski definition) is 10. The molecule has 1 amide bonds. The van der Waals surface area contributed by atoms with Gasteiger partial charge in [-0.3, -0.25) is 10.0 Å². The smallest absolute Gasteiger partial charge is 0.487 e. The second-order valence-electron chi connectivity index (χ2n) is 6.34. The highest BCUT2D eigenvalue weighted by Crippen LogP contribution is 2.30. The lowest BCUT2D eigenvalue weighted by atomic mass is 10.2. The predicted molar refractivity (Wildman–Crippen MR) is 99.7 cm³/mol. The number of hydrazine groups is 1. The van der Waals surface area contributed by atoms with E-state index in [-0.39, 0.29) is 28.7 Å². The minimum absolute atomic E-state index is 0.000942. The Morgan fingerprint density at radius 3 is 2.77 bits per heavy atom. The van der Waals surface area contributed by atoms with E-state index in [1.165, 1.54) is 41.7 Å². The zero-order chi connectivity index (χ0) is 21.3. The fourth-order valence-corrected chi connectivity index (χ4v) is 4.32. The number of nitrogens with zero attached hydrogens (tertiary/aromatic N) is 2. The number of thiazole rings is 1. The number of aromatic nitrogens is 1. The lowest BCUT2D eigenvalue weighted by Crippen LogP contribution is -2.44. The number of ether oxygens (including phenoxy) is 3. The fraction of sp³-hybridized carbons (Fsp3) is 0.235. The van der Waals surface area contributed by atoms with Crippen molar-refractivity contribution in [3.8, 4) is 5.75 Å². The van der Waals surface area contributed by atoms with Crippen LogP contribution < -0.4 is 9.57 Å². The number of fused-ring (bicyclic) bond motifs is 1. The molecule has 4 rings (SSSR count). The zero-order valence-corrected chi connectivity index (χ0v) is 16.8. The SMILES string of the molecule is O=C1OC2C=C(C(=O)N(O)NS(=O)(=O)c3ccc(OCc4cscn4)cc3)CC2O1. The van der Waals surface area contributed by atoms with Crippen molar-refractivity contribution in [3.05, 3.63) is 52.5 Å². The summed E-state index contributed by atoms with van der Waals surface area (Å²) in [6.45, 7) is 0.239. The molecular formula is C17H15N3O8S2. The highest BCUT2D eigenvalue weighted by Gasteiger charge is 2.43. The summed E-state index contributed by atoms with van der Waals surface area (Å²) in [4.78, 5) is 29.0. The van der Waals surface area contributed by atoms with E-state index >= 15 is 0 Å². The number of carbonyl (C=O) groups is 2. The first-order valence-corrected chi connectivity index (χ1v) is 11.0. The van der Waals surface area contributed by atoms with Gasteiger partial charge < -0.3 is 14.2 Å². The first kappa shape index (κ1) is 20.3. The topological polar surface area (TPSA) is 144 Å². The molecular weight excluding hydrogens is 438 g/mol. The summed E-state index contributed by atoms with van der Waals surface area (Å²) in [5.41, 5.74) is 2.47. The lowest BCUT2D eigenvalue weighted by Gasteiger charge is -2.17. The molecule has 0 radical (unpaired) electrons. The quantitative estimate of drug-likeness (QED) is 0.361. The van der Waals surface area contributed by atoms with Crippen LogP contribution in [0.5, 0.6) is 5.75 Å². The fourth-order valence-electron chi connectivity index (χ4n) is 2.87. The van der Waals surface area contributed by atoms with Crippen LogP contribution in [0, 0.1) is 0 Å². The van der Waals surface area contributed by atoms with Crippen molar-refractivity contribution in [3.63, 3.8) is 0 Å². The molecule has 0 spiro atoms. The number of sulfonamides is 1. The van der Waals surface area contributed by atoms with E-state index < -0.39 is 34.3 Å². The summed E-state index contributed by atoms with van der Waals surface area (Å²) < 4.78 is 40.0. The van der Waals surface area contributed by atoms with Crippen LogP contribution in [-0.4, -0.2) is 48.1 Å². The molecule has 1 saturated heterocycles. The van der Waals surface area contributed by atoms with Gasteiger partial charge in [0.05, 0.1) is 16.1 Å². The number of hydrogen-bond donors (Lipinski definition) is 2. The van der Waals surface area contributed by atoms with Crippen LogP contribution in [0.3, 0.4) is 0 Å². The van der Waals surface area contributed by atoms with Crippen molar-refractivity contribution < 1.29 is 37.4 Å². The first-order valence-electron chi connectivity index (χ1n) is 8.55. The summed E-state index contributed by atoms with van der Waals surface area (Å²) in [5, 5.41) is 11.6. The van der Waals surface area contributed by atoms with E-state index in [0.717, 1.165) is 5.69 Å². The van der Waals surface area contributed by atoms with Crippen LogP contribution in [0.1, 0.15) is 12.1 Å². The van der Waals surface area contributed by atoms with Crippen molar-refractivity contribution in [2.24, 2.45) is 0 Å². The molecule has 2 unspecified atom stereocenters. The minimum Gasteiger partial charge on any atom is -0.487 e. The normalized spacial score (nSPS) is 20.2. The van der Waals surface area contributed by atoms with Gasteiger partial charge >= 0.3 is 6.16 Å². The summed E-state index contributed by atoms with van der Waals surface area (Å²) in [6, 6.07) is 5.42. The van der Waals surface area contributed by atoms with Crippen molar-refractivity contribution in [1.82, 2.24) is 15.0 Å². The largest absolute Gasteiger partial charge is 0.509 e. The molecule has 0 bridgehead atoms. The number of nitrogens with one attached hydrogen (secondary N) is 1. The summed E-state index contributed by atoms with van der Waals surface area (Å²) in [7, 11) is -4.24. The molecule has 1 aliphatic carbocycles. The molecule has 0 saturated carbocycles. The van der Waals surface area contributed by atoms with Gasteiger partial charge in [-0.15, -0.1) is 16.5 Å². The molecule has 30 heavy (non-hydrogen) atoms. The van der Waals surface area contributed by atoms with Crippen LogP contribution in [0.2, 0.25) is 0 Å². The monoisotopic (exact) mass is 453 g/mol. The average molecular weight is 453 g/mol. The predicted octanol–water partition coefficient (Wildman–Crippen LogP) is 1.37. The second kappa shape index (κ2) is 8.02. The summed E-state index contributed by atoms with van der Waals surface area (Å²) in [6.07, 6.45) is -0.937. The third kappa shape index (κ3) is 4.28. The maximum Gasteiger partial charge on any atom is 0.509 e. The van der Waals surface area contributed by atoms with Crippen LogP contribution in [0.15, 0.2) is 51.7 Å². The van der Waals surface area contributed by atoms with Gasteiger partial charge in [0, 0.05) is 17.4 Å². The Hall–Kier alpha value is -3.00. The van der Waals surface area contributed by atoms with Gasteiger partial charge in [-0.2, -0.15) is 0 Å². The van der Waals surface area contributed by atoms with Gasteiger partial charge in [0.2, 0.25) is 0 Å². The van der Waals surface area contributed by atoms with Crippen LogP contribution in [0.4, 0.5) is 4.79 Å². The summed E-state index contributed by atoms with van der Waals surface area (Å²) >= 11 is 1.43. The van der Waals surface area contributed by atoms with Crippen molar-refractivity contribution >= 4 is 33.4 Å². The molecule has 13 heteroatoms. The highest BCUT2D eigenvalue weighted by atomic mass is 32.2. The number of benzene rings is 1. The Morgan fingerprint density at radius 2 is 2.10 bits per heavy atom. The van der Waals surface area contributed by atoms with E-state index in [9.17, 15) is 23.2 Å². The Bertz CT molecular complexity index is 1080. The molecule has 2 N–H and O–H groups in total. The van der Waals surface area contributed by atoms with Gasteiger partial charge in [-0.05, 0) is 30.3 Å². The highest BCUT2D eigenvalue weighted by molar-refractivity contribution is 7.89. The second-order valence-corrected chi connectivity index (χ2v) is 8.72. The zero-order valence-electron chi connectivity index (χ0n) is 15.1. The van der Waals surface area contributed by atoms with E-state index in [4.69, 9.17) is 14.2 Å². The van der Waals surface area contributed by atoms with Gasteiger partial charge in [0.25, 0.3) is 15.9 Å². The molecule has 2 heterocycles. The minimum atomic E-state index is -4.24. The maximum absolute atomic E-state index is 12.4. The number of rotatable bonds is 7. The average Bonchev–Trinajstić information content (AvgIpc) is 3.42. The molecule has 2 aliphatic rings. The Labute approximate surface area is 174 Å². The molecule has 2 aromatic rings. The third-order valence-corrected chi connectivity index (χ3v) is 6.25. The number of hydroxylamine groups is 1. The van der Waals surface area contributed by atoms with E-state index in [1.54, 1.807) is 10.3 Å². The number of carbonyl (C=O) groups excluding carboxylic acids is 2. The summed E-state index contributed by atoms with van der Waals surface area (Å²) in [5.74, 6) is -0.577. The molecule has 1 aromatic heterocycles. The number of amides is 1. The Kier molecular flexibility index (Phi) is 5.42. The van der Waals surface area contributed by atoms with Crippen molar-refractivity contribution in [2.75, 3.05) is 0 Å². The molecule has 1 aliphatic heterocycles. The standard InChI is InChI=1S/C17H15N3O8S2/c21-16(10-5-14-15(6-10)28-17(22)27-14)20(23)19-30(24,25)13-3-1-12(2-4-13)26-7-11-8-29-9-18-11/h1-5,8-9,14-15,19,23H,6-7H2. The molecule has 2 atom stereocenters. The van der Waals surface area contributed by atoms with Gasteiger partial charge in [-0.25, -0.2) is 18.2 Å². The molecule has 158 valence electrons. The molecule has 1 aromatic carbocycles. The van der Waals surface area contributed by atoms with E-state index in [1.807, 2.05) is 5.38 Å². The maximum atomic E-state index is 12.4. The van der Waals surface area contributed by atoms with Gasteiger partial charge in [0.15, 0.2) is 12.2 Å². The van der Waals surface area contributed by atoms with E-state index in [2.05, 4.69) is 4.98 Å². The Balaban J connectivity index is 1.37. The van der Waals surface area contributed by atoms with Crippen molar-refractivity contribution in [1.29, 1.82) is 0 Å². The van der Waals surface area contributed by atoms with Gasteiger partial charge in [0.1, 0.15) is 12.4 Å². The van der Waals surface area contributed by atoms with Crippen LogP contribution in [-0.2, 0) is 30.9 Å². The molecule has 1 fully saturated rings. The van der Waals surface area contributed by atoms with Crippen LogP contribution >= 0.6 is 11.3 Å².